The van der Waals surface area contributed by atoms with E-state index in [9.17, 15) is 0 Å². The Morgan fingerprint density at radius 2 is 1.90 bits per heavy atom. The van der Waals surface area contributed by atoms with Gasteiger partial charge in [-0.05, 0) is 54.4 Å². The fourth-order valence-corrected chi connectivity index (χ4v) is 3.48. The maximum atomic E-state index is 4.50. The Balaban J connectivity index is 2.36. The van der Waals surface area contributed by atoms with Crippen LogP contribution in [0.15, 0.2) is 39.4 Å². The van der Waals surface area contributed by atoms with Crippen LogP contribution in [0.3, 0.4) is 0 Å². The van der Waals surface area contributed by atoms with E-state index < -0.39 is 0 Å². The van der Waals surface area contributed by atoms with Crippen LogP contribution in [0.4, 0.5) is 0 Å². The van der Waals surface area contributed by atoms with Crippen LogP contribution in [0.25, 0.3) is 0 Å². The average Bonchev–Trinajstić information content (AvgIpc) is 2.82. The van der Waals surface area contributed by atoms with Crippen molar-refractivity contribution in [1.29, 1.82) is 0 Å². The van der Waals surface area contributed by atoms with Gasteiger partial charge in [-0.3, -0.25) is 4.68 Å². The number of nitrogens with zero attached hydrogens (tertiary/aromatic N) is 2. The van der Waals surface area contributed by atoms with E-state index in [0.717, 1.165) is 21.9 Å². The molecule has 1 heterocycles. The molecule has 0 bridgehead atoms. The Kier molecular flexibility index (Phi) is 6.02. The highest BCUT2D eigenvalue weighted by Crippen LogP contribution is 2.30. The molecule has 0 spiro atoms. The minimum Gasteiger partial charge on any atom is -0.309 e. The summed E-state index contributed by atoms with van der Waals surface area (Å²) in [4.78, 5) is 0. The molecule has 21 heavy (non-hydrogen) atoms. The molecule has 1 N–H and O–H groups in total. The van der Waals surface area contributed by atoms with Crippen LogP contribution in [0.1, 0.15) is 44.1 Å². The topological polar surface area (TPSA) is 29.9 Å². The van der Waals surface area contributed by atoms with Crippen LogP contribution in [0.5, 0.6) is 0 Å². The van der Waals surface area contributed by atoms with Gasteiger partial charge in [-0.1, -0.05) is 41.1 Å². The Bertz CT molecular complexity index is 593. The summed E-state index contributed by atoms with van der Waals surface area (Å²) in [7, 11) is 0. The third kappa shape index (κ3) is 3.96. The number of halogens is 2. The average molecular weight is 415 g/mol. The first-order valence-corrected chi connectivity index (χ1v) is 8.82. The number of benzene rings is 1. The summed E-state index contributed by atoms with van der Waals surface area (Å²) in [5, 5.41) is 8.09. The third-order valence-corrected chi connectivity index (χ3v) is 4.82. The van der Waals surface area contributed by atoms with Crippen molar-refractivity contribution < 1.29 is 0 Å². The van der Waals surface area contributed by atoms with Crippen LogP contribution in [-0.2, 0) is 6.42 Å². The molecule has 0 aliphatic rings. The minimum atomic E-state index is 0.230. The van der Waals surface area contributed by atoms with Crippen molar-refractivity contribution in [2.45, 2.75) is 39.3 Å². The molecule has 0 aliphatic carbocycles. The maximum absolute atomic E-state index is 4.50. The largest absolute Gasteiger partial charge is 0.309 e. The van der Waals surface area contributed by atoms with E-state index in [1.807, 2.05) is 12.3 Å². The van der Waals surface area contributed by atoms with E-state index in [1.165, 1.54) is 11.3 Å². The van der Waals surface area contributed by atoms with Gasteiger partial charge in [0.05, 0.1) is 22.4 Å². The summed E-state index contributed by atoms with van der Waals surface area (Å²) in [6, 6.07) is 8.95. The highest BCUT2D eigenvalue weighted by molar-refractivity contribution is 9.10. The van der Waals surface area contributed by atoms with E-state index in [4.69, 9.17) is 0 Å². The van der Waals surface area contributed by atoms with Crippen molar-refractivity contribution in [1.82, 2.24) is 15.1 Å². The van der Waals surface area contributed by atoms with Gasteiger partial charge in [-0.2, -0.15) is 5.10 Å². The van der Waals surface area contributed by atoms with Crippen LogP contribution >= 0.6 is 31.9 Å². The number of nitrogens with one attached hydrogen (secondary N) is 1. The Labute approximate surface area is 143 Å². The van der Waals surface area contributed by atoms with Gasteiger partial charge < -0.3 is 5.32 Å². The van der Waals surface area contributed by atoms with Gasteiger partial charge in [0, 0.05) is 10.5 Å². The quantitative estimate of drug-likeness (QED) is 0.729. The molecule has 5 heteroatoms. The standard InChI is InChI=1S/C16H21Br2N3/c1-4-19-15(9-12-7-5-6-8-13(12)17)16-14(18)10-20-21(16)11(2)3/h5-8,10-11,15,19H,4,9H2,1-3H3. The normalized spacial score (nSPS) is 12.9. The first-order valence-electron chi connectivity index (χ1n) is 7.24. The lowest BCUT2D eigenvalue weighted by Gasteiger charge is -2.22. The van der Waals surface area contributed by atoms with Crippen LogP contribution < -0.4 is 5.32 Å². The number of hydrogen-bond donors (Lipinski definition) is 1. The van der Waals surface area contributed by atoms with Crippen molar-refractivity contribution >= 4 is 31.9 Å². The van der Waals surface area contributed by atoms with Gasteiger partial charge in [0.2, 0.25) is 0 Å². The first-order chi connectivity index (χ1) is 10.0. The Morgan fingerprint density at radius 1 is 1.19 bits per heavy atom. The fourth-order valence-electron chi connectivity index (χ4n) is 2.48. The molecule has 114 valence electrons. The molecule has 0 fully saturated rings. The summed E-state index contributed by atoms with van der Waals surface area (Å²) in [5.41, 5.74) is 2.51. The summed E-state index contributed by atoms with van der Waals surface area (Å²) in [6.07, 6.45) is 2.81. The molecule has 0 radical (unpaired) electrons. The zero-order valence-corrected chi connectivity index (χ0v) is 15.8. The lowest BCUT2D eigenvalue weighted by atomic mass is 10.0. The van der Waals surface area contributed by atoms with E-state index in [1.54, 1.807) is 0 Å². The molecular weight excluding hydrogens is 394 g/mol. The second-order valence-corrected chi connectivity index (χ2v) is 7.03. The number of aromatic nitrogens is 2. The molecule has 0 saturated carbocycles. The number of likely N-dealkylation sites (N-methyl/N-ethyl adjacent to an activating group) is 1. The molecule has 2 rings (SSSR count). The summed E-state index contributed by atoms with van der Waals surface area (Å²) in [5.74, 6) is 0. The zero-order valence-electron chi connectivity index (χ0n) is 12.6. The fraction of sp³-hybridized carbons (Fsp3) is 0.438. The van der Waals surface area contributed by atoms with Crippen molar-refractivity contribution in [3.63, 3.8) is 0 Å². The van der Waals surface area contributed by atoms with E-state index in [2.05, 4.69) is 85.9 Å². The Hall–Kier alpha value is -0.650. The monoisotopic (exact) mass is 413 g/mol. The van der Waals surface area contributed by atoms with Gasteiger partial charge in [0.15, 0.2) is 0 Å². The van der Waals surface area contributed by atoms with Gasteiger partial charge in [0.25, 0.3) is 0 Å². The van der Waals surface area contributed by atoms with Crippen molar-refractivity contribution in [3.05, 3.63) is 50.7 Å². The van der Waals surface area contributed by atoms with Gasteiger partial charge in [0.1, 0.15) is 0 Å². The smallest absolute Gasteiger partial charge is 0.0702 e. The van der Waals surface area contributed by atoms with Crippen LogP contribution in [0, 0.1) is 0 Å². The SMILES string of the molecule is CCNC(Cc1ccccc1Br)c1c(Br)cnn1C(C)C. The van der Waals surface area contributed by atoms with E-state index in [-0.39, 0.29) is 6.04 Å². The summed E-state index contributed by atoms with van der Waals surface area (Å²) in [6.45, 7) is 7.37. The molecule has 1 aromatic carbocycles. The molecule has 0 saturated heterocycles. The lowest BCUT2D eigenvalue weighted by Crippen LogP contribution is -2.26. The number of hydrogen-bond acceptors (Lipinski definition) is 2. The van der Waals surface area contributed by atoms with E-state index in [0.29, 0.717) is 6.04 Å². The Morgan fingerprint density at radius 3 is 2.52 bits per heavy atom. The zero-order chi connectivity index (χ0) is 15.4. The predicted molar refractivity (Wildman–Crippen MR) is 94.6 cm³/mol. The molecule has 3 nitrogen and oxygen atoms in total. The van der Waals surface area contributed by atoms with Gasteiger partial charge >= 0.3 is 0 Å². The highest BCUT2D eigenvalue weighted by atomic mass is 79.9. The number of rotatable bonds is 6. The second kappa shape index (κ2) is 7.56. The molecule has 2 aromatic rings. The highest BCUT2D eigenvalue weighted by Gasteiger charge is 2.21. The third-order valence-electron chi connectivity index (χ3n) is 3.44. The first kappa shape index (κ1) is 16.7. The second-order valence-electron chi connectivity index (χ2n) is 5.32. The molecule has 1 unspecified atom stereocenters. The van der Waals surface area contributed by atoms with Crippen molar-refractivity contribution in [2.75, 3.05) is 6.54 Å². The predicted octanol–water partition coefficient (Wildman–Crippen LogP) is 4.88. The molecule has 0 amide bonds. The molecule has 1 aromatic heterocycles. The molecular formula is C16H21Br2N3. The van der Waals surface area contributed by atoms with Crippen LogP contribution in [0.2, 0.25) is 0 Å². The molecule has 1 atom stereocenters. The minimum absolute atomic E-state index is 0.230. The van der Waals surface area contributed by atoms with Crippen LogP contribution in [-0.4, -0.2) is 16.3 Å². The summed E-state index contributed by atoms with van der Waals surface area (Å²) < 4.78 is 4.31. The van der Waals surface area contributed by atoms with Crippen molar-refractivity contribution in [2.24, 2.45) is 0 Å². The van der Waals surface area contributed by atoms with Gasteiger partial charge in [-0.25, -0.2) is 0 Å². The maximum Gasteiger partial charge on any atom is 0.0702 e. The molecule has 0 aliphatic heterocycles. The lowest BCUT2D eigenvalue weighted by molar-refractivity contribution is 0.446. The summed E-state index contributed by atoms with van der Waals surface area (Å²) >= 11 is 7.30. The van der Waals surface area contributed by atoms with Crippen molar-refractivity contribution in [3.8, 4) is 0 Å². The van der Waals surface area contributed by atoms with E-state index >= 15 is 0 Å². The van der Waals surface area contributed by atoms with Gasteiger partial charge in [-0.15, -0.1) is 0 Å².